The Kier molecular flexibility index (Phi) is 6.05. The van der Waals surface area contributed by atoms with Gasteiger partial charge in [0.15, 0.2) is 0 Å². The van der Waals surface area contributed by atoms with Crippen LogP contribution in [0.15, 0.2) is 58.5 Å². The van der Waals surface area contributed by atoms with Gasteiger partial charge in [0.2, 0.25) is 0 Å². The number of rotatable bonds is 5. The number of carboxylic acids is 1. The fourth-order valence-corrected chi connectivity index (χ4v) is 3.03. The van der Waals surface area contributed by atoms with Gasteiger partial charge >= 0.3 is 5.97 Å². The van der Waals surface area contributed by atoms with Gasteiger partial charge in [-0.15, -0.1) is 0 Å². The highest BCUT2D eigenvalue weighted by Crippen LogP contribution is 2.27. The summed E-state index contributed by atoms with van der Waals surface area (Å²) in [6, 6.07) is 15.0. The lowest BCUT2D eigenvalue weighted by atomic mass is 10.0. The van der Waals surface area contributed by atoms with Crippen molar-refractivity contribution in [3.63, 3.8) is 0 Å². The van der Waals surface area contributed by atoms with Gasteiger partial charge in [-0.25, -0.2) is 4.79 Å². The zero-order valence-electron chi connectivity index (χ0n) is 16.2. The molecule has 6 nitrogen and oxygen atoms in total. The molecule has 0 aliphatic heterocycles. The van der Waals surface area contributed by atoms with E-state index in [4.69, 9.17) is 21.1 Å². The smallest absolute Gasteiger partial charge is 0.335 e. The molecule has 0 bridgehead atoms. The second-order valence-corrected chi connectivity index (χ2v) is 7.06. The van der Waals surface area contributed by atoms with Crippen molar-refractivity contribution in [1.29, 1.82) is 5.26 Å². The van der Waals surface area contributed by atoms with Gasteiger partial charge in [0, 0.05) is 22.3 Å². The van der Waals surface area contributed by atoms with Gasteiger partial charge in [0.1, 0.15) is 23.2 Å². The van der Waals surface area contributed by atoms with Gasteiger partial charge in [0.25, 0.3) is 5.91 Å². The maximum atomic E-state index is 12.5. The number of nitrogens with one attached hydrogen (secondary N) is 1. The summed E-state index contributed by atoms with van der Waals surface area (Å²) in [5, 5.41) is 21.6. The number of carbonyl (C=O) groups is 2. The molecule has 150 valence electrons. The molecule has 0 saturated heterocycles. The van der Waals surface area contributed by atoms with E-state index in [1.165, 1.54) is 12.1 Å². The van der Waals surface area contributed by atoms with Crippen LogP contribution >= 0.6 is 11.6 Å². The molecule has 1 heterocycles. The number of amides is 1. The Balaban J connectivity index is 1.85. The predicted molar refractivity (Wildman–Crippen MR) is 114 cm³/mol. The van der Waals surface area contributed by atoms with Crippen LogP contribution in [0.5, 0.6) is 0 Å². The van der Waals surface area contributed by atoms with Gasteiger partial charge in [-0.05, 0) is 61.4 Å². The number of aromatic carboxylic acids is 1. The van der Waals surface area contributed by atoms with Crippen LogP contribution in [0.4, 0.5) is 5.69 Å². The van der Waals surface area contributed by atoms with Crippen LogP contribution in [0.3, 0.4) is 0 Å². The zero-order valence-corrected chi connectivity index (χ0v) is 16.9. The van der Waals surface area contributed by atoms with Crippen molar-refractivity contribution in [2.45, 2.75) is 13.8 Å². The first-order valence-electron chi connectivity index (χ1n) is 8.92. The third-order valence-electron chi connectivity index (χ3n) is 4.47. The van der Waals surface area contributed by atoms with E-state index in [2.05, 4.69) is 5.32 Å². The van der Waals surface area contributed by atoms with E-state index in [1.54, 1.807) is 49.4 Å². The molecule has 30 heavy (non-hydrogen) atoms. The highest BCUT2D eigenvalue weighted by Gasteiger charge is 2.14. The molecule has 3 rings (SSSR count). The molecule has 0 spiro atoms. The van der Waals surface area contributed by atoms with Gasteiger partial charge in [-0.2, -0.15) is 5.26 Å². The first-order valence-corrected chi connectivity index (χ1v) is 9.29. The van der Waals surface area contributed by atoms with Gasteiger partial charge in [0.05, 0.1) is 5.56 Å². The highest BCUT2D eigenvalue weighted by molar-refractivity contribution is 6.31. The zero-order chi connectivity index (χ0) is 21.8. The van der Waals surface area contributed by atoms with Crippen molar-refractivity contribution in [3.05, 3.63) is 81.6 Å². The van der Waals surface area contributed by atoms with E-state index in [0.29, 0.717) is 22.2 Å². The second-order valence-electron chi connectivity index (χ2n) is 6.62. The molecule has 0 saturated carbocycles. The Morgan fingerprint density at radius 2 is 1.87 bits per heavy atom. The third-order valence-corrected chi connectivity index (χ3v) is 4.70. The Labute approximate surface area is 178 Å². The van der Waals surface area contributed by atoms with E-state index >= 15 is 0 Å². The van der Waals surface area contributed by atoms with Gasteiger partial charge in [-0.3, -0.25) is 4.79 Å². The number of hydrogen-bond acceptors (Lipinski definition) is 4. The first-order chi connectivity index (χ1) is 14.3. The van der Waals surface area contributed by atoms with Crippen LogP contribution < -0.4 is 5.32 Å². The Hall–Kier alpha value is -3.82. The number of carboxylic acid groups (broad SMARTS) is 1. The van der Waals surface area contributed by atoms with E-state index < -0.39 is 11.9 Å². The molecular weight excluding hydrogens is 404 g/mol. The van der Waals surface area contributed by atoms with Crippen LogP contribution in [0.2, 0.25) is 5.02 Å². The summed E-state index contributed by atoms with van der Waals surface area (Å²) in [5.74, 6) is -0.768. The third kappa shape index (κ3) is 4.59. The maximum Gasteiger partial charge on any atom is 0.335 e. The molecule has 3 aromatic rings. The number of anilines is 1. The van der Waals surface area contributed by atoms with E-state index in [-0.39, 0.29) is 11.1 Å². The van der Waals surface area contributed by atoms with Gasteiger partial charge < -0.3 is 14.8 Å². The minimum Gasteiger partial charge on any atom is -0.478 e. The molecule has 2 N–H and O–H groups in total. The minimum absolute atomic E-state index is 0.131. The van der Waals surface area contributed by atoms with Crippen LogP contribution in [-0.2, 0) is 4.79 Å². The van der Waals surface area contributed by atoms with Crippen LogP contribution in [0, 0.1) is 25.2 Å². The summed E-state index contributed by atoms with van der Waals surface area (Å²) < 4.78 is 5.75. The van der Waals surface area contributed by atoms with Crippen LogP contribution in [0.25, 0.3) is 17.4 Å². The number of hydrogen-bond donors (Lipinski definition) is 2. The van der Waals surface area contributed by atoms with Crippen molar-refractivity contribution in [2.75, 3.05) is 5.32 Å². The predicted octanol–water partition coefficient (Wildman–Crippen LogP) is 5.46. The van der Waals surface area contributed by atoms with Crippen LogP contribution in [0.1, 0.15) is 27.2 Å². The quantitative estimate of drug-likeness (QED) is 0.421. The Morgan fingerprint density at radius 1 is 1.10 bits per heavy atom. The minimum atomic E-state index is -1.01. The number of nitriles is 1. The van der Waals surface area contributed by atoms with Crippen molar-refractivity contribution < 1.29 is 19.1 Å². The summed E-state index contributed by atoms with van der Waals surface area (Å²) >= 11 is 5.97. The topological polar surface area (TPSA) is 103 Å². The Morgan fingerprint density at radius 3 is 2.53 bits per heavy atom. The fourth-order valence-electron chi connectivity index (χ4n) is 2.86. The molecule has 0 aliphatic rings. The molecule has 0 fully saturated rings. The van der Waals surface area contributed by atoms with Crippen molar-refractivity contribution in [3.8, 4) is 17.4 Å². The van der Waals surface area contributed by atoms with Gasteiger partial charge in [-0.1, -0.05) is 23.7 Å². The molecular formula is C23H17ClN2O4. The molecule has 0 unspecified atom stereocenters. The van der Waals surface area contributed by atoms with E-state index in [9.17, 15) is 14.9 Å². The Bertz CT molecular complexity index is 1220. The number of aryl methyl sites for hydroxylation is 2. The standard InChI is InChI=1S/C23H17ClN2O4/c1-13-3-5-17(24)11-20(13)26-22(27)16(12-25)10-18-6-8-21(30-18)19-7-4-15(23(28)29)9-14(19)2/h3-11H,1-2H3,(H,26,27)(H,28,29)/b16-10-. The number of nitrogens with zero attached hydrogens (tertiary/aromatic N) is 1. The van der Waals surface area contributed by atoms with Crippen molar-refractivity contribution in [1.82, 2.24) is 0 Å². The molecule has 2 aromatic carbocycles. The maximum absolute atomic E-state index is 12.5. The summed E-state index contributed by atoms with van der Waals surface area (Å²) in [7, 11) is 0. The number of halogens is 1. The lowest BCUT2D eigenvalue weighted by molar-refractivity contribution is -0.112. The van der Waals surface area contributed by atoms with Crippen LogP contribution in [-0.4, -0.2) is 17.0 Å². The lowest BCUT2D eigenvalue weighted by Gasteiger charge is -2.08. The summed E-state index contributed by atoms with van der Waals surface area (Å²) in [6.07, 6.45) is 1.35. The molecule has 7 heteroatoms. The number of benzene rings is 2. The summed E-state index contributed by atoms with van der Waals surface area (Å²) in [6.45, 7) is 3.60. The first kappa shape index (κ1) is 20.9. The van der Waals surface area contributed by atoms with E-state index in [0.717, 1.165) is 16.7 Å². The largest absolute Gasteiger partial charge is 0.478 e. The molecule has 0 radical (unpaired) electrons. The highest BCUT2D eigenvalue weighted by atomic mass is 35.5. The average Bonchev–Trinajstić information content (AvgIpc) is 3.17. The lowest BCUT2D eigenvalue weighted by Crippen LogP contribution is -2.14. The normalized spacial score (nSPS) is 11.1. The van der Waals surface area contributed by atoms with Crippen molar-refractivity contribution >= 4 is 35.2 Å². The number of carbonyl (C=O) groups excluding carboxylic acids is 1. The van der Waals surface area contributed by atoms with Crippen molar-refractivity contribution in [2.24, 2.45) is 0 Å². The average molecular weight is 421 g/mol. The molecule has 0 atom stereocenters. The second kappa shape index (κ2) is 8.68. The molecule has 1 amide bonds. The number of furan rings is 1. The monoisotopic (exact) mass is 420 g/mol. The summed E-state index contributed by atoms with van der Waals surface area (Å²) in [4.78, 5) is 23.6. The SMILES string of the molecule is Cc1ccc(Cl)cc1NC(=O)/C(C#N)=C\c1ccc(-c2ccc(C(=O)O)cc2C)o1. The van der Waals surface area contributed by atoms with E-state index in [1.807, 2.05) is 13.0 Å². The molecule has 1 aromatic heterocycles. The summed E-state index contributed by atoms with van der Waals surface area (Å²) in [5.41, 5.74) is 2.83. The fraction of sp³-hybridized carbons (Fsp3) is 0.0870. The molecule has 0 aliphatic carbocycles.